The molecule has 5 aliphatic carbocycles. The van der Waals surface area contributed by atoms with E-state index in [2.05, 4.69) is 87.6 Å². The van der Waals surface area contributed by atoms with Crippen LogP contribution in [0.5, 0.6) is 5.88 Å². The van der Waals surface area contributed by atoms with Crippen LogP contribution in [0.3, 0.4) is 0 Å². The lowest BCUT2D eigenvalue weighted by Gasteiger charge is -2.69. The summed E-state index contributed by atoms with van der Waals surface area (Å²) in [5.41, 5.74) is 3.62. The Balaban J connectivity index is 1.11. The Bertz CT molecular complexity index is 1870. The summed E-state index contributed by atoms with van der Waals surface area (Å²) in [6, 6.07) is 3.48. The topological polar surface area (TPSA) is 122 Å². The molecule has 7 rings (SSSR count). The number of nitrogens with zero attached hydrogens (tertiary/aromatic N) is 3. The summed E-state index contributed by atoms with van der Waals surface area (Å²) >= 11 is 0. The van der Waals surface area contributed by atoms with Crippen molar-refractivity contribution in [3.63, 3.8) is 0 Å². The molecule has 58 heavy (non-hydrogen) atoms. The van der Waals surface area contributed by atoms with Crippen molar-refractivity contribution in [3.05, 3.63) is 53.8 Å². The number of aliphatic carboxylic acids is 1. The number of aromatic nitrogens is 2. The van der Waals surface area contributed by atoms with Crippen molar-refractivity contribution in [3.8, 4) is 5.88 Å². The van der Waals surface area contributed by atoms with E-state index in [0.717, 1.165) is 25.9 Å². The molecule has 0 amide bonds. The average molecular weight is 819 g/mol. The van der Waals surface area contributed by atoms with E-state index < -0.39 is 21.2 Å². The fourth-order valence-electron chi connectivity index (χ4n) is 13.9. The summed E-state index contributed by atoms with van der Waals surface area (Å²) in [5.74, 6) is 2.44. The summed E-state index contributed by atoms with van der Waals surface area (Å²) in [6.07, 6.45) is 20.1. The number of carboxylic acid groups (broad SMARTS) is 1. The maximum atomic E-state index is 12.7. The maximum Gasteiger partial charge on any atom is 0.313 e. The second-order valence-electron chi connectivity index (χ2n) is 21.2. The number of carboxylic acids is 1. The first-order valence-electron chi connectivity index (χ1n) is 22.7. The Morgan fingerprint density at radius 1 is 1.00 bits per heavy atom. The Labute approximate surface area is 350 Å². The molecule has 0 radical (unpaired) electrons. The summed E-state index contributed by atoms with van der Waals surface area (Å²) in [6.45, 7) is 25.5. The molecule has 4 fully saturated rings. The van der Waals surface area contributed by atoms with Gasteiger partial charge in [-0.2, -0.15) is 5.10 Å². The number of rotatable bonds is 10. The second kappa shape index (κ2) is 16.0. The van der Waals surface area contributed by atoms with Crippen LogP contribution in [0.25, 0.3) is 0 Å². The zero-order valence-electron chi connectivity index (χ0n) is 36.9. The van der Waals surface area contributed by atoms with Crippen molar-refractivity contribution in [1.82, 2.24) is 20.4 Å². The molecule has 1 aromatic heterocycles. The summed E-state index contributed by atoms with van der Waals surface area (Å²) in [4.78, 5) is 15.1. The number of allylic oxidation sites excluding steroid dienone is 5. The van der Waals surface area contributed by atoms with E-state index >= 15 is 0 Å². The number of ether oxygens (including phenoxy) is 1. The van der Waals surface area contributed by atoms with Crippen molar-refractivity contribution in [1.29, 1.82) is 0 Å². The van der Waals surface area contributed by atoms with Crippen molar-refractivity contribution in [2.75, 3.05) is 44.3 Å². The largest absolute Gasteiger partial charge is 0.481 e. The molecule has 10 heteroatoms. The number of sulfone groups is 1. The van der Waals surface area contributed by atoms with Gasteiger partial charge in [0.05, 0.1) is 11.5 Å². The van der Waals surface area contributed by atoms with E-state index in [1.54, 1.807) is 18.3 Å². The van der Waals surface area contributed by atoms with Crippen LogP contribution in [-0.2, 0) is 14.6 Å². The minimum absolute atomic E-state index is 0.0702. The molecule has 9 atom stereocenters. The van der Waals surface area contributed by atoms with Gasteiger partial charge in [-0.05, 0) is 147 Å². The first-order valence-corrected chi connectivity index (χ1v) is 24.5. The highest BCUT2D eigenvalue weighted by Gasteiger charge is 2.66. The summed E-state index contributed by atoms with van der Waals surface area (Å²) in [5, 5.41) is 22.6. The van der Waals surface area contributed by atoms with E-state index in [1.165, 1.54) is 74.5 Å². The molecule has 1 aromatic rings. The SMILES string of the molecule is C=C(C)[C@@H]1CC[C@]2(NCCN3CCS(=O)(=O)CC3)CC[C@@H](C)[C@]3(C)CC[C@@]4(C)C(C)(C)C(C5=CCC(COc6cccnn6)(C(=O)O)CC5)=CC[C@]4(C)C3CCCC12. The van der Waals surface area contributed by atoms with Crippen LogP contribution in [0.1, 0.15) is 132 Å². The molecule has 322 valence electrons. The minimum atomic E-state index is -2.88. The van der Waals surface area contributed by atoms with Crippen molar-refractivity contribution < 1.29 is 23.1 Å². The van der Waals surface area contributed by atoms with E-state index in [9.17, 15) is 18.3 Å². The smallest absolute Gasteiger partial charge is 0.313 e. The lowest BCUT2D eigenvalue weighted by Crippen LogP contribution is -2.62. The van der Waals surface area contributed by atoms with Gasteiger partial charge in [-0.1, -0.05) is 72.3 Å². The quantitative estimate of drug-likeness (QED) is 0.223. The van der Waals surface area contributed by atoms with Gasteiger partial charge in [-0.25, -0.2) is 8.42 Å². The van der Waals surface area contributed by atoms with Gasteiger partial charge in [0.15, 0.2) is 9.84 Å². The van der Waals surface area contributed by atoms with Gasteiger partial charge in [0, 0.05) is 44.0 Å². The number of hydrogen-bond acceptors (Lipinski definition) is 8. The van der Waals surface area contributed by atoms with E-state index in [-0.39, 0.29) is 45.3 Å². The van der Waals surface area contributed by atoms with Crippen LogP contribution in [0.15, 0.2) is 53.8 Å². The molecule has 1 aliphatic heterocycles. The third kappa shape index (κ3) is 7.56. The Morgan fingerprint density at radius 3 is 2.40 bits per heavy atom. The van der Waals surface area contributed by atoms with E-state index in [4.69, 9.17) is 4.74 Å². The Kier molecular flexibility index (Phi) is 12.0. The molecule has 9 nitrogen and oxygen atoms in total. The first kappa shape index (κ1) is 43.5. The minimum Gasteiger partial charge on any atom is -0.481 e. The number of nitrogens with one attached hydrogen (secondary N) is 1. The zero-order chi connectivity index (χ0) is 41.8. The number of carbonyl (C=O) groups is 1. The van der Waals surface area contributed by atoms with Crippen LogP contribution in [-0.4, -0.2) is 84.4 Å². The fraction of sp³-hybridized carbons (Fsp3) is 0.771. The predicted octanol–water partition coefficient (Wildman–Crippen LogP) is 9.08. The molecule has 1 saturated heterocycles. The predicted molar refractivity (Wildman–Crippen MR) is 232 cm³/mol. The third-order valence-corrected chi connectivity index (χ3v) is 20.1. The van der Waals surface area contributed by atoms with Crippen molar-refractivity contribution in [2.45, 2.75) is 137 Å². The zero-order valence-corrected chi connectivity index (χ0v) is 37.7. The monoisotopic (exact) mass is 819 g/mol. The first-order chi connectivity index (χ1) is 27.3. The lowest BCUT2D eigenvalue weighted by molar-refractivity contribution is -0.180. The van der Waals surface area contributed by atoms with Crippen LogP contribution in [0.2, 0.25) is 0 Å². The van der Waals surface area contributed by atoms with Gasteiger partial charge in [0.25, 0.3) is 0 Å². The Morgan fingerprint density at radius 2 is 1.74 bits per heavy atom. The van der Waals surface area contributed by atoms with Crippen LogP contribution in [0.4, 0.5) is 0 Å². The molecular formula is C48H74N4O5S. The van der Waals surface area contributed by atoms with Crippen molar-refractivity contribution in [2.24, 2.45) is 50.7 Å². The summed E-state index contributed by atoms with van der Waals surface area (Å²) < 4.78 is 30.1. The molecule has 3 unspecified atom stereocenters. The van der Waals surface area contributed by atoms with Gasteiger partial charge >= 0.3 is 5.97 Å². The van der Waals surface area contributed by atoms with Crippen LogP contribution >= 0.6 is 0 Å². The molecule has 0 aromatic carbocycles. The van der Waals surface area contributed by atoms with E-state index in [1.807, 2.05) is 0 Å². The van der Waals surface area contributed by atoms with Gasteiger partial charge in [-0.15, -0.1) is 5.10 Å². The molecule has 0 spiro atoms. The molecule has 0 bridgehead atoms. The second-order valence-corrected chi connectivity index (χ2v) is 23.5. The van der Waals surface area contributed by atoms with Gasteiger partial charge in [0.2, 0.25) is 5.88 Å². The van der Waals surface area contributed by atoms with Gasteiger partial charge in [-0.3, -0.25) is 4.79 Å². The molecule has 6 aliphatic rings. The van der Waals surface area contributed by atoms with Crippen LogP contribution in [0, 0.1) is 50.7 Å². The lowest BCUT2D eigenvalue weighted by atomic mass is 9.35. The van der Waals surface area contributed by atoms with Gasteiger partial charge < -0.3 is 20.1 Å². The standard InChI is InChI=1S/C48H74N4O5S/c1-34(2)37-17-23-48(49-27-28-52-29-31-58(55,56)32-30-52)22-14-35(3)44(6)24-25-46(8)43(4,5)38(18-19-45(46,7)40(44)12-9-11-39(37)48)36-15-20-47(21-16-36,42(53)54)33-57-41-13-10-26-50-51-41/h10,13,15,18,26,35,37,39-40,49H,1,9,11-12,14,16-17,19-25,27-33H2,2-8H3,(H,53,54)/t35-,37+,39?,40?,44+,45-,46+,47?,48-/m1/s1. The van der Waals surface area contributed by atoms with Crippen LogP contribution < -0.4 is 10.1 Å². The molecule has 2 N–H and O–H groups in total. The molecule has 2 heterocycles. The highest BCUT2D eigenvalue weighted by atomic mass is 32.2. The normalized spacial score (nSPS) is 40.2. The van der Waals surface area contributed by atoms with Gasteiger partial charge in [0.1, 0.15) is 12.0 Å². The number of fused-ring (bicyclic) bond motifs is 4. The average Bonchev–Trinajstić information content (AvgIpc) is 3.55. The third-order valence-electron chi connectivity index (χ3n) is 18.5. The highest BCUT2D eigenvalue weighted by Crippen LogP contribution is 2.74. The van der Waals surface area contributed by atoms with E-state index in [0.29, 0.717) is 55.5 Å². The highest BCUT2D eigenvalue weighted by molar-refractivity contribution is 7.91. The summed E-state index contributed by atoms with van der Waals surface area (Å²) in [7, 11) is -2.88. The number of hydrogen-bond donors (Lipinski definition) is 2. The molecular weight excluding hydrogens is 745 g/mol. The Hall–Kier alpha value is -2.56. The van der Waals surface area contributed by atoms with Crippen molar-refractivity contribution >= 4 is 15.8 Å². The maximum absolute atomic E-state index is 12.7. The molecule has 3 saturated carbocycles. The fourth-order valence-corrected chi connectivity index (χ4v) is 15.2.